The Bertz CT molecular complexity index is 317. The largest absolute Gasteiger partial charge is 0.443 e. The van der Waals surface area contributed by atoms with E-state index in [1.54, 1.807) is 0 Å². The maximum absolute atomic E-state index is 11.9. The van der Waals surface area contributed by atoms with Crippen molar-refractivity contribution in [2.75, 3.05) is 6.54 Å². The molecule has 0 saturated carbocycles. The molecule has 0 aromatic carbocycles. The molecule has 0 aromatic rings. The number of amides is 2. The Morgan fingerprint density at radius 2 is 2.06 bits per heavy atom. The van der Waals surface area contributed by atoms with Gasteiger partial charge in [0, 0.05) is 13.0 Å². The lowest BCUT2D eigenvalue weighted by Crippen LogP contribution is -2.46. The standard InChI is InChI=1S/C14H25NO3/c1-10(2)8-11-6-7-12(16)15(9-11)13(17)18-14(3,4)5/h10-11H,6-9H2,1-5H3. The Morgan fingerprint density at radius 1 is 1.44 bits per heavy atom. The Kier molecular flexibility index (Phi) is 4.77. The van der Waals surface area contributed by atoms with E-state index in [9.17, 15) is 9.59 Å². The van der Waals surface area contributed by atoms with Gasteiger partial charge in [-0.05, 0) is 45.4 Å². The van der Waals surface area contributed by atoms with Crippen molar-refractivity contribution in [3.05, 3.63) is 0 Å². The van der Waals surface area contributed by atoms with Crippen LogP contribution in [0, 0.1) is 11.8 Å². The summed E-state index contributed by atoms with van der Waals surface area (Å²) in [6.07, 6.45) is 1.89. The number of hydrogen-bond acceptors (Lipinski definition) is 3. The quantitative estimate of drug-likeness (QED) is 0.761. The first-order valence-corrected chi connectivity index (χ1v) is 6.72. The molecule has 1 heterocycles. The molecule has 104 valence electrons. The maximum Gasteiger partial charge on any atom is 0.417 e. The molecule has 0 aliphatic carbocycles. The van der Waals surface area contributed by atoms with Crippen molar-refractivity contribution in [2.24, 2.45) is 11.8 Å². The van der Waals surface area contributed by atoms with Crippen LogP contribution in [0.3, 0.4) is 0 Å². The van der Waals surface area contributed by atoms with Crippen LogP contribution < -0.4 is 0 Å². The predicted molar refractivity (Wildman–Crippen MR) is 70.1 cm³/mol. The first-order chi connectivity index (χ1) is 8.19. The minimum Gasteiger partial charge on any atom is -0.443 e. The third-order valence-electron chi connectivity index (χ3n) is 2.93. The molecule has 1 rings (SSSR count). The molecular weight excluding hydrogens is 230 g/mol. The summed E-state index contributed by atoms with van der Waals surface area (Å²) in [4.78, 5) is 25.0. The second-order valence-electron chi connectivity index (χ2n) is 6.52. The summed E-state index contributed by atoms with van der Waals surface area (Å²) in [5, 5.41) is 0. The van der Waals surface area contributed by atoms with E-state index in [-0.39, 0.29) is 5.91 Å². The van der Waals surface area contributed by atoms with Gasteiger partial charge < -0.3 is 4.74 Å². The number of hydrogen-bond donors (Lipinski definition) is 0. The van der Waals surface area contributed by atoms with Crippen LogP contribution in [-0.4, -0.2) is 29.0 Å². The third kappa shape index (κ3) is 4.67. The van der Waals surface area contributed by atoms with E-state index in [0.29, 0.717) is 24.8 Å². The minimum absolute atomic E-state index is 0.107. The van der Waals surface area contributed by atoms with Crippen LogP contribution in [0.15, 0.2) is 0 Å². The van der Waals surface area contributed by atoms with E-state index in [1.807, 2.05) is 20.8 Å². The molecule has 1 saturated heterocycles. The van der Waals surface area contributed by atoms with E-state index in [0.717, 1.165) is 12.8 Å². The van der Waals surface area contributed by atoms with Crippen LogP contribution in [0.1, 0.15) is 53.9 Å². The summed E-state index contributed by atoms with van der Waals surface area (Å²) >= 11 is 0. The van der Waals surface area contributed by atoms with E-state index in [2.05, 4.69) is 13.8 Å². The lowest BCUT2D eigenvalue weighted by molar-refractivity contribution is -0.133. The summed E-state index contributed by atoms with van der Waals surface area (Å²) in [6.45, 7) is 10.3. The first-order valence-electron chi connectivity index (χ1n) is 6.72. The summed E-state index contributed by atoms with van der Waals surface area (Å²) in [7, 11) is 0. The van der Waals surface area contributed by atoms with Gasteiger partial charge in [-0.1, -0.05) is 13.8 Å². The van der Waals surface area contributed by atoms with Gasteiger partial charge in [0.05, 0.1) is 0 Å². The highest BCUT2D eigenvalue weighted by Gasteiger charge is 2.33. The van der Waals surface area contributed by atoms with Gasteiger partial charge in [-0.25, -0.2) is 9.69 Å². The van der Waals surface area contributed by atoms with Gasteiger partial charge in [0.25, 0.3) is 0 Å². The van der Waals surface area contributed by atoms with E-state index < -0.39 is 11.7 Å². The number of ether oxygens (including phenoxy) is 1. The van der Waals surface area contributed by atoms with Gasteiger partial charge in [-0.15, -0.1) is 0 Å². The number of carbonyl (C=O) groups is 2. The van der Waals surface area contributed by atoms with Crippen LogP contribution in [0.5, 0.6) is 0 Å². The van der Waals surface area contributed by atoms with Gasteiger partial charge in [0.1, 0.15) is 5.60 Å². The van der Waals surface area contributed by atoms with E-state index in [4.69, 9.17) is 4.74 Å². The zero-order valence-electron chi connectivity index (χ0n) is 12.2. The van der Waals surface area contributed by atoms with Gasteiger partial charge in [-0.2, -0.15) is 0 Å². The number of likely N-dealkylation sites (tertiary alicyclic amines) is 1. The highest BCUT2D eigenvalue weighted by atomic mass is 16.6. The van der Waals surface area contributed by atoms with Crippen molar-refractivity contribution >= 4 is 12.0 Å². The van der Waals surface area contributed by atoms with Crippen molar-refractivity contribution < 1.29 is 14.3 Å². The number of carbonyl (C=O) groups excluding carboxylic acids is 2. The molecule has 0 spiro atoms. The summed E-state index contributed by atoms with van der Waals surface area (Å²) in [6, 6.07) is 0. The molecule has 0 radical (unpaired) electrons. The Morgan fingerprint density at radius 3 is 2.56 bits per heavy atom. The average molecular weight is 255 g/mol. The zero-order chi connectivity index (χ0) is 13.9. The highest BCUT2D eigenvalue weighted by Crippen LogP contribution is 2.25. The predicted octanol–water partition coefficient (Wildman–Crippen LogP) is 3.21. The molecule has 1 atom stereocenters. The monoisotopic (exact) mass is 255 g/mol. The van der Waals surface area contributed by atoms with Crippen LogP contribution >= 0.6 is 0 Å². The number of imide groups is 1. The summed E-state index contributed by atoms with van der Waals surface area (Å²) in [5.41, 5.74) is -0.553. The third-order valence-corrected chi connectivity index (χ3v) is 2.93. The molecule has 1 fully saturated rings. The molecule has 1 aliphatic heterocycles. The first kappa shape index (κ1) is 15.0. The van der Waals surface area contributed by atoms with Crippen molar-refractivity contribution in [3.8, 4) is 0 Å². The molecule has 1 aliphatic rings. The minimum atomic E-state index is -0.553. The second kappa shape index (κ2) is 5.72. The van der Waals surface area contributed by atoms with Crippen LogP contribution in [0.2, 0.25) is 0 Å². The van der Waals surface area contributed by atoms with Crippen molar-refractivity contribution in [3.63, 3.8) is 0 Å². The molecule has 18 heavy (non-hydrogen) atoms. The number of piperidine rings is 1. The fourth-order valence-corrected chi connectivity index (χ4v) is 2.27. The topological polar surface area (TPSA) is 46.6 Å². The van der Waals surface area contributed by atoms with E-state index in [1.165, 1.54) is 4.90 Å². The summed E-state index contributed by atoms with van der Waals surface area (Å²) in [5.74, 6) is 0.892. The van der Waals surface area contributed by atoms with Crippen LogP contribution in [0.25, 0.3) is 0 Å². The molecular formula is C14H25NO3. The molecule has 4 heteroatoms. The fourth-order valence-electron chi connectivity index (χ4n) is 2.27. The molecule has 0 bridgehead atoms. The molecule has 0 N–H and O–H groups in total. The van der Waals surface area contributed by atoms with Crippen LogP contribution in [-0.2, 0) is 9.53 Å². The summed E-state index contributed by atoms with van der Waals surface area (Å²) < 4.78 is 5.27. The molecule has 1 unspecified atom stereocenters. The normalized spacial score (nSPS) is 21.3. The Hall–Kier alpha value is -1.06. The second-order valence-corrected chi connectivity index (χ2v) is 6.52. The van der Waals surface area contributed by atoms with Crippen molar-refractivity contribution in [1.29, 1.82) is 0 Å². The van der Waals surface area contributed by atoms with Gasteiger partial charge in [0.2, 0.25) is 5.91 Å². The van der Waals surface area contributed by atoms with Crippen molar-refractivity contribution in [2.45, 2.75) is 59.5 Å². The fraction of sp³-hybridized carbons (Fsp3) is 0.857. The van der Waals surface area contributed by atoms with Gasteiger partial charge in [-0.3, -0.25) is 4.79 Å². The van der Waals surface area contributed by atoms with Crippen LogP contribution in [0.4, 0.5) is 4.79 Å². The van der Waals surface area contributed by atoms with Crippen molar-refractivity contribution in [1.82, 2.24) is 4.90 Å². The molecule has 0 aromatic heterocycles. The number of nitrogens with zero attached hydrogens (tertiary/aromatic N) is 1. The van der Waals surface area contributed by atoms with E-state index >= 15 is 0 Å². The Labute approximate surface area is 110 Å². The molecule has 4 nitrogen and oxygen atoms in total. The average Bonchev–Trinajstić information content (AvgIpc) is 2.17. The number of rotatable bonds is 2. The lowest BCUT2D eigenvalue weighted by Gasteiger charge is -2.33. The van der Waals surface area contributed by atoms with Gasteiger partial charge >= 0.3 is 6.09 Å². The smallest absolute Gasteiger partial charge is 0.417 e. The lowest BCUT2D eigenvalue weighted by atomic mass is 9.89. The zero-order valence-corrected chi connectivity index (χ0v) is 12.2. The highest BCUT2D eigenvalue weighted by molar-refractivity contribution is 5.92. The van der Waals surface area contributed by atoms with Gasteiger partial charge in [0.15, 0.2) is 0 Å². The maximum atomic E-state index is 11.9. The SMILES string of the molecule is CC(C)CC1CCC(=O)N(C(=O)OC(C)(C)C)C1. The molecule has 2 amide bonds. The Balaban J connectivity index is 2.62.